The summed E-state index contributed by atoms with van der Waals surface area (Å²) < 4.78 is 0. The first-order chi connectivity index (χ1) is 9.11. The van der Waals surface area contributed by atoms with E-state index in [4.69, 9.17) is 5.73 Å². The lowest BCUT2D eigenvalue weighted by atomic mass is 10.2. The number of guanidine groups is 1. The summed E-state index contributed by atoms with van der Waals surface area (Å²) in [4.78, 5) is 6.62. The van der Waals surface area contributed by atoms with Crippen molar-refractivity contribution in [3.05, 3.63) is 29.8 Å². The third kappa shape index (κ3) is 6.82. The number of unbranched alkanes of at least 4 members (excludes halogenated alkanes) is 1. The molecule has 0 radical (unpaired) electrons. The number of benzene rings is 1. The van der Waals surface area contributed by atoms with E-state index in [1.165, 1.54) is 18.4 Å². The van der Waals surface area contributed by atoms with Gasteiger partial charge in [-0.2, -0.15) is 0 Å². The van der Waals surface area contributed by atoms with Gasteiger partial charge in [-0.15, -0.1) is 0 Å². The van der Waals surface area contributed by atoms with Crippen molar-refractivity contribution in [2.24, 2.45) is 10.7 Å². The van der Waals surface area contributed by atoms with Gasteiger partial charge in [0.05, 0.1) is 6.54 Å². The van der Waals surface area contributed by atoms with Gasteiger partial charge in [0.1, 0.15) is 0 Å². The molecule has 3 N–H and O–H groups in total. The van der Waals surface area contributed by atoms with Crippen LogP contribution >= 0.6 is 0 Å². The molecule has 0 spiro atoms. The lowest BCUT2D eigenvalue weighted by molar-refractivity contribution is 0.337. The minimum Gasteiger partial charge on any atom is -0.370 e. The highest BCUT2D eigenvalue weighted by Gasteiger charge is 1.97. The summed E-state index contributed by atoms with van der Waals surface area (Å²) in [5.41, 5.74) is 8.06. The zero-order valence-electron chi connectivity index (χ0n) is 12.3. The molecule has 0 aromatic heterocycles. The molecule has 0 unspecified atom stereocenters. The Morgan fingerprint density at radius 1 is 1.26 bits per heavy atom. The topological polar surface area (TPSA) is 53.6 Å². The largest absolute Gasteiger partial charge is 0.370 e. The highest BCUT2D eigenvalue weighted by Crippen LogP contribution is 2.07. The maximum Gasteiger partial charge on any atom is 0.193 e. The van der Waals surface area contributed by atoms with Crippen LogP contribution in [-0.4, -0.2) is 37.5 Å². The number of anilines is 1. The average molecular weight is 262 g/mol. The monoisotopic (exact) mass is 262 g/mol. The van der Waals surface area contributed by atoms with Gasteiger partial charge in [0, 0.05) is 12.2 Å². The van der Waals surface area contributed by atoms with Gasteiger partial charge < -0.3 is 16.0 Å². The molecule has 0 fully saturated rings. The number of rotatable bonds is 7. The van der Waals surface area contributed by atoms with Crippen LogP contribution in [0.15, 0.2) is 29.3 Å². The van der Waals surface area contributed by atoms with Gasteiger partial charge in [0.25, 0.3) is 0 Å². The molecular weight excluding hydrogens is 236 g/mol. The SMILES string of the molecule is CCCCN(C)CCN=C(N)Nc1ccc(C)cc1. The fourth-order valence-corrected chi connectivity index (χ4v) is 1.71. The maximum atomic E-state index is 5.85. The maximum absolute atomic E-state index is 5.85. The van der Waals surface area contributed by atoms with E-state index in [2.05, 4.69) is 36.1 Å². The van der Waals surface area contributed by atoms with Crippen molar-refractivity contribution < 1.29 is 0 Å². The fraction of sp³-hybridized carbons (Fsp3) is 0.533. The lowest BCUT2D eigenvalue weighted by Gasteiger charge is -2.14. The first kappa shape index (κ1) is 15.5. The van der Waals surface area contributed by atoms with Crippen LogP contribution in [0.4, 0.5) is 5.69 Å². The summed E-state index contributed by atoms with van der Waals surface area (Å²) >= 11 is 0. The third-order valence-electron chi connectivity index (χ3n) is 2.98. The number of hydrogen-bond donors (Lipinski definition) is 2. The van der Waals surface area contributed by atoms with Crippen LogP contribution < -0.4 is 11.1 Å². The Morgan fingerprint density at radius 3 is 2.58 bits per heavy atom. The molecule has 106 valence electrons. The summed E-state index contributed by atoms with van der Waals surface area (Å²) in [7, 11) is 2.12. The van der Waals surface area contributed by atoms with Crippen LogP contribution in [-0.2, 0) is 0 Å². The molecule has 1 aromatic rings. The standard InChI is InChI=1S/C15H26N4/c1-4-5-11-19(3)12-10-17-15(16)18-14-8-6-13(2)7-9-14/h6-9H,4-5,10-12H2,1-3H3,(H3,16,17,18). The molecule has 0 aliphatic heterocycles. The third-order valence-corrected chi connectivity index (χ3v) is 2.98. The lowest BCUT2D eigenvalue weighted by Crippen LogP contribution is -2.26. The number of nitrogens with two attached hydrogens (primary N) is 1. The number of hydrogen-bond acceptors (Lipinski definition) is 2. The number of aliphatic imine (C=N–C) groups is 1. The molecule has 0 bridgehead atoms. The number of nitrogens with zero attached hydrogens (tertiary/aromatic N) is 2. The normalized spacial score (nSPS) is 11.9. The quantitative estimate of drug-likeness (QED) is 0.586. The van der Waals surface area contributed by atoms with Crippen LogP contribution in [0, 0.1) is 6.92 Å². The van der Waals surface area contributed by atoms with Crippen LogP contribution in [0.25, 0.3) is 0 Å². The van der Waals surface area contributed by atoms with Crippen molar-refractivity contribution in [3.8, 4) is 0 Å². The molecule has 0 heterocycles. The molecule has 0 amide bonds. The molecular formula is C15H26N4. The van der Waals surface area contributed by atoms with E-state index in [1.807, 2.05) is 24.3 Å². The highest BCUT2D eigenvalue weighted by molar-refractivity contribution is 5.92. The van der Waals surface area contributed by atoms with Gasteiger partial charge in [-0.1, -0.05) is 31.0 Å². The second-order valence-corrected chi connectivity index (χ2v) is 4.91. The van der Waals surface area contributed by atoms with E-state index >= 15 is 0 Å². The smallest absolute Gasteiger partial charge is 0.193 e. The zero-order valence-corrected chi connectivity index (χ0v) is 12.3. The molecule has 1 rings (SSSR count). The summed E-state index contributed by atoms with van der Waals surface area (Å²) in [5, 5.41) is 3.10. The van der Waals surface area contributed by atoms with E-state index < -0.39 is 0 Å². The van der Waals surface area contributed by atoms with Gasteiger partial charge in [0.2, 0.25) is 0 Å². The van der Waals surface area contributed by atoms with Gasteiger partial charge in [-0.3, -0.25) is 4.99 Å². The van der Waals surface area contributed by atoms with Crippen LogP contribution in [0.1, 0.15) is 25.3 Å². The van der Waals surface area contributed by atoms with Crippen molar-refractivity contribution in [2.45, 2.75) is 26.7 Å². The minimum atomic E-state index is 0.479. The molecule has 4 heteroatoms. The molecule has 0 aliphatic rings. The second kappa shape index (κ2) is 8.53. The highest BCUT2D eigenvalue weighted by atomic mass is 15.1. The number of nitrogens with one attached hydrogen (secondary N) is 1. The number of aryl methyl sites for hydroxylation is 1. The van der Waals surface area contributed by atoms with Gasteiger partial charge in [-0.05, 0) is 39.1 Å². The Balaban J connectivity index is 2.30. The Hall–Kier alpha value is -1.55. The van der Waals surface area contributed by atoms with Gasteiger partial charge in [-0.25, -0.2) is 0 Å². The molecule has 0 atom stereocenters. The van der Waals surface area contributed by atoms with E-state index in [9.17, 15) is 0 Å². The van der Waals surface area contributed by atoms with Crippen molar-refractivity contribution in [1.82, 2.24) is 4.90 Å². The van der Waals surface area contributed by atoms with Crippen molar-refractivity contribution >= 4 is 11.6 Å². The Labute approximate surface area is 116 Å². The van der Waals surface area contributed by atoms with Crippen molar-refractivity contribution in [2.75, 3.05) is 32.0 Å². The van der Waals surface area contributed by atoms with E-state index in [0.29, 0.717) is 5.96 Å². The summed E-state index contributed by atoms with van der Waals surface area (Å²) in [6, 6.07) is 8.11. The summed E-state index contributed by atoms with van der Waals surface area (Å²) in [6.45, 7) is 7.06. The Morgan fingerprint density at radius 2 is 1.95 bits per heavy atom. The molecule has 19 heavy (non-hydrogen) atoms. The first-order valence-corrected chi connectivity index (χ1v) is 6.94. The second-order valence-electron chi connectivity index (χ2n) is 4.91. The Kier molecular flexibility index (Phi) is 6.97. The molecule has 0 aliphatic carbocycles. The number of likely N-dealkylation sites (N-methyl/N-ethyl adjacent to an activating group) is 1. The van der Waals surface area contributed by atoms with Crippen LogP contribution in [0.5, 0.6) is 0 Å². The van der Waals surface area contributed by atoms with Crippen LogP contribution in [0.2, 0.25) is 0 Å². The average Bonchev–Trinajstić information content (AvgIpc) is 2.39. The van der Waals surface area contributed by atoms with E-state index in [1.54, 1.807) is 0 Å². The first-order valence-electron chi connectivity index (χ1n) is 6.94. The van der Waals surface area contributed by atoms with E-state index in [0.717, 1.165) is 25.3 Å². The Bertz CT molecular complexity index is 384. The van der Waals surface area contributed by atoms with Gasteiger partial charge >= 0.3 is 0 Å². The predicted molar refractivity (Wildman–Crippen MR) is 83.7 cm³/mol. The minimum absolute atomic E-state index is 0.479. The predicted octanol–water partition coefficient (Wildman–Crippen LogP) is 2.45. The molecule has 1 aromatic carbocycles. The van der Waals surface area contributed by atoms with Crippen molar-refractivity contribution in [1.29, 1.82) is 0 Å². The molecule has 0 saturated carbocycles. The zero-order chi connectivity index (χ0) is 14.1. The summed E-state index contributed by atoms with van der Waals surface area (Å²) in [6.07, 6.45) is 2.46. The van der Waals surface area contributed by atoms with E-state index in [-0.39, 0.29) is 0 Å². The van der Waals surface area contributed by atoms with Crippen molar-refractivity contribution in [3.63, 3.8) is 0 Å². The van der Waals surface area contributed by atoms with Crippen LogP contribution in [0.3, 0.4) is 0 Å². The fourth-order valence-electron chi connectivity index (χ4n) is 1.71. The van der Waals surface area contributed by atoms with Gasteiger partial charge in [0.15, 0.2) is 5.96 Å². The molecule has 0 saturated heterocycles. The molecule has 4 nitrogen and oxygen atoms in total. The summed E-state index contributed by atoms with van der Waals surface area (Å²) in [5.74, 6) is 0.479.